The van der Waals surface area contributed by atoms with E-state index in [4.69, 9.17) is 14.2 Å². The maximum atomic E-state index is 13.0. The van der Waals surface area contributed by atoms with Gasteiger partial charge in [0.15, 0.2) is 0 Å². The number of benzene rings is 1. The van der Waals surface area contributed by atoms with Crippen molar-refractivity contribution in [2.45, 2.75) is 6.54 Å². The molecular formula is C18H22FN3O4. The Kier molecular flexibility index (Phi) is 8.14. The van der Waals surface area contributed by atoms with Gasteiger partial charge in [-0.3, -0.25) is 0 Å². The van der Waals surface area contributed by atoms with Gasteiger partial charge in [0, 0.05) is 32.0 Å². The third kappa shape index (κ3) is 7.35. The highest BCUT2D eigenvalue weighted by Gasteiger charge is 2.02. The van der Waals surface area contributed by atoms with E-state index < -0.39 is 0 Å². The average Bonchev–Trinajstić information content (AvgIpc) is 2.65. The van der Waals surface area contributed by atoms with Crippen molar-refractivity contribution in [1.29, 1.82) is 0 Å². The molecule has 1 aromatic carbocycles. The second kappa shape index (κ2) is 10.9. The number of urea groups is 1. The summed E-state index contributed by atoms with van der Waals surface area (Å²) >= 11 is 0. The van der Waals surface area contributed by atoms with Crippen LogP contribution in [0.4, 0.5) is 9.18 Å². The first kappa shape index (κ1) is 19.5. The Morgan fingerprint density at radius 2 is 2.00 bits per heavy atom. The molecular weight excluding hydrogens is 341 g/mol. The van der Waals surface area contributed by atoms with Crippen LogP contribution in [0, 0.1) is 5.82 Å². The number of aromatic nitrogens is 1. The topological polar surface area (TPSA) is 81.7 Å². The maximum Gasteiger partial charge on any atom is 0.315 e. The number of hydrogen-bond acceptors (Lipinski definition) is 5. The summed E-state index contributed by atoms with van der Waals surface area (Å²) in [5.41, 5.74) is 0.843. The van der Waals surface area contributed by atoms with Crippen molar-refractivity contribution in [2.75, 3.05) is 33.5 Å². The summed E-state index contributed by atoms with van der Waals surface area (Å²) in [6.45, 7) is 1.80. The molecule has 0 aliphatic heterocycles. The van der Waals surface area contributed by atoms with Crippen molar-refractivity contribution < 1.29 is 23.4 Å². The van der Waals surface area contributed by atoms with Crippen molar-refractivity contribution in [3.8, 4) is 11.6 Å². The lowest BCUT2D eigenvalue weighted by Gasteiger charge is -2.09. The lowest BCUT2D eigenvalue weighted by molar-refractivity contribution is 0.143. The number of carbonyl (C=O) groups excluding carboxylic acids is 1. The Morgan fingerprint density at radius 1 is 1.12 bits per heavy atom. The summed E-state index contributed by atoms with van der Waals surface area (Å²) < 4.78 is 28.6. The molecule has 0 saturated carbocycles. The van der Waals surface area contributed by atoms with Gasteiger partial charge in [-0.15, -0.1) is 0 Å². The van der Waals surface area contributed by atoms with Gasteiger partial charge in [-0.05, 0) is 17.7 Å². The van der Waals surface area contributed by atoms with Crippen molar-refractivity contribution in [3.63, 3.8) is 0 Å². The second-order valence-corrected chi connectivity index (χ2v) is 5.26. The quantitative estimate of drug-likeness (QED) is 0.632. The number of amides is 2. The van der Waals surface area contributed by atoms with Crippen LogP contribution in [-0.4, -0.2) is 44.5 Å². The van der Waals surface area contributed by atoms with Crippen LogP contribution < -0.4 is 20.1 Å². The first-order valence-corrected chi connectivity index (χ1v) is 8.14. The van der Waals surface area contributed by atoms with Crippen molar-refractivity contribution in [3.05, 3.63) is 54.0 Å². The second-order valence-electron chi connectivity index (χ2n) is 5.26. The molecule has 0 aliphatic carbocycles. The van der Waals surface area contributed by atoms with Crippen molar-refractivity contribution >= 4 is 6.03 Å². The summed E-state index contributed by atoms with van der Waals surface area (Å²) in [6.07, 6.45) is 1.63. The first-order chi connectivity index (χ1) is 12.7. The minimum absolute atomic E-state index is 0.242. The Labute approximate surface area is 151 Å². The average molecular weight is 363 g/mol. The Bertz CT molecular complexity index is 682. The van der Waals surface area contributed by atoms with Crippen LogP contribution in [0.1, 0.15) is 5.56 Å². The number of ether oxygens (including phenoxy) is 3. The highest BCUT2D eigenvalue weighted by molar-refractivity contribution is 5.73. The first-order valence-electron chi connectivity index (χ1n) is 8.14. The predicted molar refractivity (Wildman–Crippen MR) is 93.7 cm³/mol. The fourth-order valence-corrected chi connectivity index (χ4v) is 1.97. The SMILES string of the molecule is COCCOc1ccc(CNC(=O)NCCOc2cccc(F)c2)cn1. The molecule has 2 amide bonds. The van der Waals surface area contributed by atoms with Crippen LogP contribution in [-0.2, 0) is 11.3 Å². The van der Waals surface area contributed by atoms with E-state index in [-0.39, 0.29) is 18.5 Å². The number of hydrogen-bond donors (Lipinski definition) is 2. The van der Waals surface area contributed by atoms with Gasteiger partial charge in [-0.25, -0.2) is 14.2 Å². The zero-order valence-corrected chi connectivity index (χ0v) is 14.5. The fraction of sp³-hybridized carbons (Fsp3) is 0.333. The van der Waals surface area contributed by atoms with Gasteiger partial charge in [-0.1, -0.05) is 12.1 Å². The van der Waals surface area contributed by atoms with E-state index in [2.05, 4.69) is 15.6 Å². The van der Waals surface area contributed by atoms with Gasteiger partial charge in [0.25, 0.3) is 0 Å². The summed E-state index contributed by atoms with van der Waals surface area (Å²) in [5, 5.41) is 5.37. The molecule has 0 spiro atoms. The van der Waals surface area contributed by atoms with Crippen LogP contribution in [0.15, 0.2) is 42.6 Å². The zero-order chi connectivity index (χ0) is 18.6. The van der Waals surface area contributed by atoms with Crippen LogP contribution in [0.25, 0.3) is 0 Å². The highest BCUT2D eigenvalue weighted by Crippen LogP contribution is 2.11. The highest BCUT2D eigenvalue weighted by atomic mass is 19.1. The van der Waals surface area contributed by atoms with Gasteiger partial charge in [0.1, 0.15) is 24.8 Å². The summed E-state index contributed by atoms with van der Waals surface area (Å²) in [7, 11) is 1.60. The minimum Gasteiger partial charge on any atom is -0.492 e. The molecule has 140 valence electrons. The van der Waals surface area contributed by atoms with Crippen LogP contribution in [0.5, 0.6) is 11.6 Å². The lowest BCUT2D eigenvalue weighted by atomic mass is 10.3. The van der Waals surface area contributed by atoms with Gasteiger partial charge in [0.05, 0.1) is 13.2 Å². The standard InChI is InChI=1S/C18H22FN3O4/c1-24-9-10-26-17-6-5-14(12-21-17)13-22-18(23)20-7-8-25-16-4-2-3-15(19)11-16/h2-6,11-12H,7-10,13H2,1H3,(H2,20,22,23). The molecule has 2 rings (SSSR count). The largest absolute Gasteiger partial charge is 0.492 e. The number of halogens is 1. The van der Waals surface area contributed by atoms with E-state index in [1.165, 1.54) is 12.1 Å². The maximum absolute atomic E-state index is 13.0. The van der Waals surface area contributed by atoms with E-state index >= 15 is 0 Å². The number of nitrogens with one attached hydrogen (secondary N) is 2. The summed E-state index contributed by atoms with van der Waals surface area (Å²) in [6, 6.07) is 9.07. The molecule has 0 atom stereocenters. The molecule has 0 saturated heterocycles. The van der Waals surface area contributed by atoms with Crippen molar-refractivity contribution in [2.24, 2.45) is 0 Å². The van der Waals surface area contributed by atoms with Gasteiger partial charge in [0.2, 0.25) is 5.88 Å². The third-order valence-corrected chi connectivity index (χ3v) is 3.24. The Balaban J connectivity index is 1.60. The molecule has 2 aromatic rings. The van der Waals surface area contributed by atoms with E-state index in [1.807, 2.05) is 6.07 Å². The van der Waals surface area contributed by atoms with E-state index in [1.54, 1.807) is 31.5 Å². The predicted octanol–water partition coefficient (Wildman–Crippen LogP) is 2.12. The molecule has 2 N–H and O–H groups in total. The van der Waals surface area contributed by atoms with Crippen LogP contribution in [0.2, 0.25) is 0 Å². The number of methoxy groups -OCH3 is 1. The number of nitrogens with zero attached hydrogens (tertiary/aromatic N) is 1. The molecule has 0 radical (unpaired) electrons. The Morgan fingerprint density at radius 3 is 2.73 bits per heavy atom. The fourth-order valence-electron chi connectivity index (χ4n) is 1.97. The van der Waals surface area contributed by atoms with Crippen LogP contribution >= 0.6 is 0 Å². The summed E-state index contributed by atoms with van der Waals surface area (Å²) in [4.78, 5) is 15.9. The molecule has 0 fully saturated rings. The van der Waals surface area contributed by atoms with Crippen LogP contribution in [0.3, 0.4) is 0 Å². The molecule has 1 aromatic heterocycles. The van der Waals surface area contributed by atoms with Gasteiger partial charge < -0.3 is 24.8 Å². The molecule has 8 heteroatoms. The normalized spacial score (nSPS) is 10.2. The van der Waals surface area contributed by atoms with E-state index in [0.717, 1.165) is 5.56 Å². The molecule has 7 nitrogen and oxygen atoms in total. The molecule has 0 aliphatic rings. The number of carbonyl (C=O) groups is 1. The summed E-state index contributed by atoms with van der Waals surface area (Å²) in [5.74, 6) is 0.563. The van der Waals surface area contributed by atoms with E-state index in [9.17, 15) is 9.18 Å². The van der Waals surface area contributed by atoms with Gasteiger partial charge >= 0.3 is 6.03 Å². The Hall–Kier alpha value is -2.87. The van der Waals surface area contributed by atoms with E-state index in [0.29, 0.717) is 37.9 Å². The molecule has 0 bridgehead atoms. The monoisotopic (exact) mass is 363 g/mol. The van der Waals surface area contributed by atoms with Gasteiger partial charge in [-0.2, -0.15) is 0 Å². The molecule has 0 unspecified atom stereocenters. The smallest absolute Gasteiger partial charge is 0.315 e. The molecule has 26 heavy (non-hydrogen) atoms. The lowest BCUT2D eigenvalue weighted by Crippen LogP contribution is -2.37. The third-order valence-electron chi connectivity index (χ3n) is 3.24. The minimum atomic E-state index is -0.364. The number of pyridine rings is 1. The molecule has 1 heterocycles. The zero-order valence-electron chi connectivity index (χ0n) is 14.5. The van der Waals surface area contributed by atoms with Crippen molar-refractivity contribution in [1.82, 2.24) is 15.6 Å². The number of rotatable bonds is 10.